The zero-order valence-corrected chi connectivity index (χ0v) is 13.0. The van der Waals surface area contributed by atoms with Gasteiger partial charge in [-0.2, -0.15) is 0 Å². The van der Waals surface area contributed by atoms with Crippen molar-refractivity contribution in [2.75, 3.05) is 20.6 Å². The van der Waals surface area contributed by atoms with Gasteiger partial charge in [-0.3, -0.25) is 0 Å². The molecular weight excluding hydrogens is 260 g/mol. The third-order valence-corrected chi connectivity index (χ3v) is 4.89. The Morgan fingerprint density at radius 3 is 2.37 bits per heavy atom. The van der Waals surface area contributed by atoms with Gasteiger partial charge in [-0.25, -0.2) is 12.7 Å². The van der Waals surface area contributed by atoms with Crippen LogP contribution in [-0.4, -0.2) is 33.4 Å². The van der Waals surface area contributed by atoms with Crippen molar-refractivity contribution in [3.05, 3.63) is 29.3 Å². The summed E-state index contributed by atoms with van der Waals surface area (Å²) in [6.07, 6.45) is 1.97. The third-order valence-electron chi connectivity index (χ3n) is 3.08. The third kappa shape index (κ3) is 4.03. The summed E-state index contributed by atoms with van der Waals surface area (Å²) in [5.41, 5.74) is 2.26. The molecule has 5 heteroatoms. The summed E-state index contributed by atoms with van der Waals surface area (Å²) in [6.45, 7) is 5.85. The van der Waals surface area contributed by atoms with Crippen molar-refractivity contribution in [2.24, 2.45) is 0 Å². The van der Waals surface area contributed by atoms with Crippen molar-refractivity contribution in [2.45, 2.75) is 38.1 Å². The standard InChI is InChI=1S/C14H24N2O2S/c1-5-9-15-11-13-10-14(8-7-12(13)6-2)19(17,18)16(3)4/h7-8,10,15H,5-6,9,11H2,1-4H3. The number of hydrogen-bond donors (Lipinski definition) is 1. The van der Waals surface area contributed by atoms with E-state index in [0.29, 0.717) is 11.4 Å². The van der Waals surface area contributed by atoms with Gasteiger partial charge in [0.15, 0.2) is 0 Å². The predicted molar refractivity (Wildman–Crippen MR) is 78.7 cm³/mol. The van der Waals surface area contributed by atoms with Crippen molar-refractivity contribution >= 4 is 10.0 Å². The van der Waals surface area contributed by atoms with Crippen molar-refractivity contribution in [3.8, 4) is 0 Å². The molecule has 1 N–H and O–H groups in total. The van der Waals surface area contributed by atoms with Crippen molar-refractivity contribution in [3.63, 3.8) is 0 Å². The molecule has 0 saturated heterocycles. The SMILES string of the molecule is CCCNCc1cc(S(=O)(=O)N(C)C)ccc1CC. The van der Waals surface area contributed by atoms with Crippen LogP contribution in [0.15, 0.2) is 23.1 Å². The molecule has 0 saturated carbocycles. The summed E-state index contributed by atoms with van der Waals surface area (Å²) in [6, 6.07) is 5.40. The molecule has 0 aliphatic rings. The minimum atomic E-state index is -3.35. The summed E-state index contributed by atoms with van der Waals surface area (Å²) in [4.78, 5) is 0.364. The maximum atomic E-state index is 12.1. The number of nitrogens with zero attached hydrogens (tertiary/aromatic N) is 1. The van der Waals surface area contributed by atoms with Gasteiger partial charge in [0.2, 0.25) is 10.0 Å². The highest BCUT2D eigenvalue weighted by Crippen LogP contribution is 2.19. The first-order chi connectivity index (χ1) is 8.93. The molecule has 0 heterocycles. The second-order valence-electron chi connectivity index (χ2n) is 4.75. The highest BCUT2D eigenvalue weighted by molar-refractivity contribution is 7.89. The first-order valence-corrected chi connectivity index (χ1v) is 8.12. The number of hydrogen-bond acceptors (Lipinski definition) is 3. The molecule has 108 valence electrons. The minimum absolute atomic E-state index is 0.364. The highest BCUT2D eigenvalue weighted by atomic mass is 32.2. The van der Waals surface area contributed by atoms with Gasteiger partial charge in [-0.1, -0.05) is 19.9 Å². The van der Waals surface area contributed by atoms with Crippen molar-refractivity contribution in [1.82, 2.24) is 9.62 Å². The molecule has 0 radical (unpaired) electrons. The van der Waals surface area contributed by atoms with Crippen molar-refractivity contribution in [1.29, 1.82) is 0 Å². The Morgan fingerprint density at radius 1 is 1.16 bits per heavy atom. The van der Waals surface area contributed by atoms with Crippen LogP contribution in [-0.2, 0) is 23.0 Å². The quantitative estimate of drug-likeness (QED) is 0.779. The zero-order chi connectivity index (χ0) is 14.5. The maximum absolute atomic E-state index is 12.1. The molecule has 0 fully saturated rings. The Bertz CT molecular complexity index is 510. The molecule has 0 unspecified atom stereocenters. The van der Waals surface area contributed by atoms with Crippen LogP contribution in [0, 0.1) is 0 Å². The molecule has 19 heavy (non-hydrogen) atoms. The number of nitrogens with one attached hydrogen (secondary N) is 1. The second kappa shape index (κ2) is 7.03. The lowest BCUT2D eigenvalue weighted by atomic mass is 10.1. The zero-order valence-electron chi connectivity index (χ0n) is 12.2. The smallest absolute Gasteiger partial charge is 0.242 e. The fraction of sp³-hybridized carbons (Fsp3) is 0.571. The largest absolute Gasteiger partial charge is 0.313 e. The summed E-state index contributed by atoms with van der Waals surface area (Å²) in [5.74, 6) is 0. The van der Waals surface area contributed by atoms with E-state index in [1.54, 1.807) is 26.2 Å². The Balaban J connectivity index is 3.08. The van der Waals surface area contributed by atoms with Gasteiger partial charge >= 0.3 is 0 Å². The molecule has 4 nitrogen and oxygen atoms in total. The Labute approximate surface area is 116 Å². The van der Waals surface area contributed by atoms with Gasteiger partial charge in [0.05, 0.1) is 4.90 Å². The molecular formula is C14H24N2O2S. The summed E-state index contributed by atoms with van der Waals surface area (Å²) >= 11 is 0. The molecule has 0 aliphatic carbocycles. The second-order valence-corrected chi connectivity index (χ2v) is 6.90. The van der Waals surface area contributed by atoms with E-state index in [2.05, 4.69) is 19.2 Å². The number of rotatable bonds is 7. The minimum Gasteiger partial charge on any atom is -0.313 e. The molecule has 0 amide bonds. The molecule has 1 aromatic carbocycles. The molecule has 1 aromatic rings. The van der Waals surface area contributed by atoms with Crippen LogP contribution in [0.25, 0.3) is 0 Å². The molecule has 1 rings (SSSR count). The summed E-state index contributed by atoms with van der Waals surface area (Å²) in [5, 5.41) is 3.33. The monoisotopic (exact) mass is 284 g/mol. The molecule has 0 aliphatic heterocycles. The van der Waals surface area contributed by atoms with E-state index < -0.39 is 10.0 Å². The molecule has 0 bridgehead atoms. The first kappa shape index (κ1) is 16.1. The lowest BCUT2D eigenvalue weighted by Crippen LogP contribution is -2.23. The molecule has 0 aromatic heterocycles. The highest BCUT2D eigenvalue weighted by Gasteiger charge is 2.18. The average molecular weight is 284 g/mol. The van der Waals surface area contributed by atoms with Gasteiger partial charge in [-0.15, -0.1) is 0 Å². The Morgan fingerprint density at radius 2 is 1.84 bits per heavy atom. The van der Waals surface area contributed by atoms with Crippen LogP contribution in [0.1, 0.15) is 31.4 Å². The number of benzene rings is 1. The van der Waals surface area contributed by atoms with E-state index in [4.69, 9.17) is 0 Å². The first-order valence-electron chi connectivity index (χ1n) is 6.68. The lowest BCUT2D eigenvalue weighted by molar-refractivity contribution is 0.520. The molecule has 0 spiro atoms. The van der Waals surface area contributed by atoms with Gasteiger partial charge in [-0.05, 0) is 42.6 Å². The summed E-state index contributed by atoms with van der Waals surface area (Å²) < 4.78 is 25.5. The lowest BCUT2D eigenvalue weighted by Gasteiger charge is -2.15. The molecule has 0 atom stereocenters. The topological polar surface area (TPSA) is 49.4 Å². The average Bonchev–Trinajstić information content (AvgIpc) is 2.38. The van der Waals surface area contributed by atoms with Gasteiger partial charge in [0, 0.05) is 20.6 Å². The summed E-state index contributed by atoms with van der Waals surface area (Å²) in [7, 11) is -0.242. The van der Waals surface area contributed by atoms with E-state index >= 15 is 0 Å². The van der Waals surface area contributed by atoms with Crippen LogP contribution in [0.2, 0.25) is 0 Å². The number of sulfonamides is 1. The Hall–Kier alpha value is -0.910. The maximum Gasteiger partial charge on any atom is 0.242 e. The van der Waals surface area contributed by atoms with Crippen LogP contribution in [0.5, 0.6) is 0 Å². The normalized spacial score (nSPS) is 12.1. The van der Waals surface area contributed by atoms with Crippen molar-refractivity contribution < 1.29 is 8.42 Å². The van der Waals surface area contributed by atoms with E-state index in [1.165, 1.54) is 9.87 Å². The predicted octanol–water partition coefficient (Wildman–Crippen LogP) is 2.00. The van der Waals surface area contributed by atoms with Crippen LogP contribution in [0.4, 0.5) is 0 Å². The van der Waals surface area contributed by atoms with Gasteiger partial charge in [0.1, 0.15) is 0 Å². The van der Waals surface area contributed by atoms with E-state index in [0.717, 1.165) is 24.9 Å². The van der Waals surface area contributed by atoms with E-state index in [9.17, 15) is 8.42 Å². The number of aryl methyl sites for hydroxylation is 1. The van der Waals surface area contributed by atoms with Gasteiger partial charge < -0.3 is 5.32 Å². The fourth-order valence-corrected chi connectivity index (χ4v) is 2.84. The van der Waals surface area contributed by atoms with E-state index in [-0.39, 0.29) is 0 Å². The van der Waals surface area contributed by atoms with Gasteiger partial charge in [0.25, 0.3) is 0 Å². The fourth-order valence-electron chi connectivity index (χ4n) is 1.88. The van der Waals surface area contributed by atoms with Crippen LogP contribution < -0.4 is 5.32 Å². The van der Waals surface area contributed by atoms with Crippen LogP contribution in [0.3, 0.4) is 0 Å². The Kier molecular flexibility index (Phi) is 5.97. The van der Waals surface area contributed by atoms with Crippen LogP contribution >= 0.6 is 0 Å². The van der Waals surface area contributed by atoms with E-state index in [1.807, 2.05) is 6.07 Å².